The van der Waals surface area contributed by atoms with E-state index in [0.717, 1.165) is 21.5 Å². The molecular formula is C21H17ClN6O4S. The van der Waals surface area contributed by atoms with Crippen molar-refractivity contribution >= 4 is 34.5 Å². The van der Waals surface area contributed by atoms with Crippen LogP contribution in [0.4, 0.5) is 5.69 Å². The molecule has 0 bridgehead atoms. The number of nitrogens with two attached hydrogens (primary N) is 1. The highest BCUT2D eigenvalue weighted by atomic mass is 35.5. The summed E-state index contributed by atoms with van der Waals surface area (Å²) in [5.41, 5.74) is 5.61. The van der Waals surface area contributed by atoms with Crippen molar-refractivity contribution in [1.82, 2.24) is 19.1 Å². The summed E-state index contributed by atoms with van der Waals surface area (Å²) in [6.45, 7) is 0.187. The highest BCUT2D eigenvalue weighted by molar-refractivity contribution is 7.11. The molecule has 3 N–H and O–H groups in total. The van der Waals surface area contributed by atoms with E-state index in [1.807, 2.05) is 0 Å². The number of aromatic amines is 1. The third kappa shape index (κ3) is 5.10. The van der Waals surface area contributed by atoms with Crippen molar-refractivity contribution in [3.63, 3.8) is 0 Å². The van der Waals surface area contributed by atoms with Crippen LogP contribution in [0.15, 0.2) is 68.5 Å². The molecule has 0 atom stereocenters. The number of halogens is 1. The molecule has 0 spiro atoms. The number of hydrogen-bond acceptors (Lipinski definition) is 7. The van der Waals surface area contributed by atoms with Crippen molar-refractivity contribution in [2.45, 2.75) is 6.54 Å². The second kappa shape index (κ2) is 9.27. The van der Waals surface area contributed by atoms with Gasteiger partial charge in [-0.3, -0.25) is 14.3 Å². The van der Waals surface area contributed by atoms with E-state index >= 15 is 0 Å². The lowest BCUT2D eigenvalue weighted by molar-refractivity contribution is 0.0995. The van der Waals surface area contributed by atoms with Gasteiger partial charge in [0.25, 0.3) is 11.1 Å². The number of hydrogen-bond donors (Lipinski definition) is 2. The Morgan fingerprint density at radius 3 is 2.52 bits per heavy atom. The first kappa shape index (κ1) is 22.2. The number of ether oxygens (including phenoxy) is 1. The monoisotopic (exact) mass is 484 g/mol. The summed E-state index contributed by atoms with van der Waals surface area (Å²) in [6.07, 6.45) is 0. The maximum atomic E-state index is 12.7. The van der Waals surface area contributed by atoms with Crippen molar-refractivity contribution in [1.29, 1.82) is 0 Å². The van der Waals surface area contributed by atoms with E-state index in [1.165, 1.54) is 17.0 Å². The molecule has 2 aromatic carbocycles. The number of nitrogens with one attached hydrogen (secondary N) is 1. The number of thiazole rings is 1. The average Bonchev–Trinajstić information content (AvgIpc) is 3.26. The number of primary amides is 1. The van der Waals surface area contributed by atoms with Crippen molar-refractivity contribution in [2.24, 2.45) is 17.8 Å². The van der Waals surface area contributed by atoms with E-state index in [0.29, 0.717) is 16.5 Å². The van der Waals surface area contributed by atoms with E-state index in [-0.39, 0.29) is 23.1 Å². The van der Waals surface area contributed by atoms with Crippen molar-refractivity contribution in [3.8, 4) is 10.9 Å². The van der Waals surface area contributed by atoms with Gasteiger partial charge in [0.1, 0.15) is 11.4 Å². The van der Waals surface area contributed by atoms with Crippen molar-refractivity contribution in [3.05, 3.63) is 96.8 Å². The molecule has 0 aliphatic carbocycles. The van der Waals surface area contributed by atoms with Gasteiger partial charge in [-0.2, -0.15) is 4.98 Å². The Balaban J connectivity index is 1.66. The molecule has 0 radical (unpaired) electrons. The van der Waals surface area contributed by atoms with E-state index in [1.54, 1.807) is 48.5 Å². The van der Waals surface area contributed by atoms with Crippen LogP contribution in [0.2, 0.25) is 5.02 Å². The zero-order valence-electron chi connectivity index (χ0n) is 17.2. The highest BCUT2D eigenvalue weighted by Crippen LogP contribution is 2.26. The number of H-pyrrole nitrogens is 1. The predicted molar refractivity (Wildman–Crippen MR) is 123 cm³/mol. The molecule has 4 aromatic rings. The van der Waals surface area contributed by atoms with Crippen LogP contribution in [0.25, 0.3) is 0 Å². The van der Waals surface area contributed by atoms with Crippen LogP contribution >= 0.6 is 22.9 Å². The van der Waals surface area contributed by atoms with E-state index in [2.05, 4.69) is 15.0 Å². The summed E-state index contributed by atoms with van der Waals surface area (Å²) < 4.78 is 7.94. The lowest BCUT2D eigenvalue weighted by Gasteiger charge is -2.09. The largest absolute Gasteiger partial charge is 0.431 e. The highest BCUT2D eigenvalue weighted by Gasteiger charge is 2.09. The van der Waals surface area contributed by atoms with Crippen LogP contribution in [0, 0.1) is 0 Å². The van der Waals surface area contributed by atoms with Gasteiger partial charge < -0.3 is 10.5 Å². The smallest absolute Gasteiger partial charge is 0.335 e. The fourth-order valence-corrected chi connectivity index (χ4v) is 3.64. The number of nitrogens with zero attached hydrogens (tertiary/aromatic N) is 4. The summed E-state index contributed by atoms with van der Waals surface area (Å²) >= 11 is 7.08. The first-order valence-corrected chi connectivity index (χ1v) is 10.8. The molecule has 0 unspecified atom stereocenters. The molecule has 2 heterocycles. The standard InChI is InChI=1S/C21H17ClN6O4S/c1-27-19(30)26-18(28(21(27)31)10-12-2-4-13(22)5-3-12)24-14-6-8-15(9-7-14)32-20-25-16(11-33-20)17(23)29/h2-9,11H,10H2,1H3,(H2,23,29)(H,24,26,30). The number of rotatable bonds is 6. The lowest BCUT2D eigenvalue weighted by atomic mass is 10.2. The minimum Gasteiger partial charge on any atom is -0.431 e. The Morgan fingerprint density at radius 2 is 1.88 bits per heavy atom. The Bertz CT molecular complexity index is 1500. The zero-order valence-corrected chi connectivity index (χ0v) is 18.8. The molecule has 0 saturated heterocycles. The molecule has 168 valence electrons. The van der Waals surface area contributed by atoms with Gasteiger partial charge >= 0.3 is 11.4 Å². The molecule has 0 fully saturated rings. The van der Waals surface area contributed by atoms with Gasteiger partial charge in [0.05, 0.1) is 12.2 Å². The molecular weight excluding hydrogens is 468 g/mol. The van der Waals surface area contributed by atoms with Crippen LogP contribution < -0.4 is 27.5 Å². The lowest BCUT2D eigenvalue weighted by Crippen LogP contribution is -2.48. The maximum Gasteiger partial charge on any atom is 0.335 e. The first-order valence-electron chi connectivity index (χ1n) is 9.53. The van der Waals surface area contributed by atoms with Gasteiger partial charge in [0.15, 0.2) is 0 Å². The molecule has 12 heteroatoms. The third-order valence-electron chi connectivity index (χ3n) is 4.56. The van der Waals surface area contributed by atoms with Crippen LogP contribution in [0.3, 0.4) is 0 Å². The minimum atomic E-state index is -0.634. The molecule has 4 rings (SSSR count). The summed E-state index contributed by atoms with van der Waals surface area (Å²) in [5, 5.41) is 2.35. The van der Waals surface area contributed by atoms with Gasteiger partial charge in [0, 0.05) is 17.5 Å². The van der Waals surface area contributed by atoms with E-state index < -0.39 is 17.3 Å². The van der Waals surface area contributed by atoms with Crippen LogP contribution in [0.5, 0.6) is 10.9 Å². The number of carbonyl (C=O) groups is 1. The maximum absolute atomic E-state index is 12.7. The quantitative estimate of drug-likeness (QED) is 0.432. The fraction of sp³-hybridized carbons (Fsp3) is 0.0952. The minimum absolute atomic E-state index is 0.0951. The fourth-order valence-electron chi connectivity index (χ4n) is 2.84. The number of amides is 1. The van der Waals surface area contributed by atoms with Crippen LogP contribution in [-0.4, -0.2) is 25.0 Å². The number of benzene rings is 2. The topological polar surface area (TPSA) is 137 Å². The average molecular weight is 485 g/mol. The van der Waals surface area contributed by atoms with Gasteiger partial charge in [-0.1, -0.05) is 35.1 Å². The molecule has 1 amide bonds. The van der Waals surface area contributed by atoms with Gasteiger partial charge in [-0.15, -0.1) is 0 Å². The molecule has 10 nitrogen and oxygen atoms in total. The molecule has 0 aliphatic rings. The van der Waals surface area contributed by atoms with Crippen LogP contribution in [-0.2, 0) is 13.6 Å². The van der Waals surface area contributed by atoms with Crippen molar-refractivity contribution < 1.29 is 9.53 Å². The van der Waals surface area contributed by atoms with E-state index in [9.17, 15) is 14.4 Å². The summed E-state index contributed by atoms with van der Waals surface area (Å²) in [4.78, 5) is 47.1. The predicted octanol–water partition coefficient (Wildman–Crippen LogP) is 2.16. The van der Waals surface area contributed by atoms with E-state index in [4.69, 9.17) is 22.1 Å². The summed E-state index contributed by atoms with van der Waals surface area (Å²) in [7, 11) is 1.39. The summed E-state index contributed by atoms with van der Waals surface area (Å²) in [6, 6.07) is 13.6. The third-order valence-corrected chi connectivity index (χ3v) is 5.53. The Morgan fingerprint density at radius 1 is 1.18 bits per heavy atom. The number of aromatic nitrogens is 4. The van der Waals surface area contributed by atoms with Gasteiger partial charge in [-0.25, -0.2) is 19.1 Å². The molecule has 0 aliphatic heterocycles. The molecule has 2 aromatic heterocycles. The normalized spacial score (nSPS) is 11.5. The van der Waals surface area contributed by atoms with Crippen LogP contribution in [0.1, 0.15) is 16.1 Å². The number of carbonyl (C=O) groups excluding carboxylic acids is 1. The molecule has 0 saturated carbocycles. The van der Waals surface area contributed by atoms with Gasteiger partial charge in [0.2, 0.25) is 5.62 Å². The summed E-state index contributed by atoms with van der Waals surface area (Å²) in [5.74, 6) is -0.170. The second-order valence-electron chi connectivity index (χ2n) is 6.88. The SMILES string of the molecule is Cn1c(=O)[nH]/c(=N\c2ccc(Oc3nc(C(N)=O)cs3)cc2)n(Cc2ccc(Cl)cc2)c1=O. The zero-order chi connectivity index (χ0) is 23.5. The Kier molecular flexibility index (Phi) is 6.24. The molecule has 33 heavy (non-hydrogen) atoms. The first-order chi connectivity index (χ1) is 15.8. The Hall–Kier alpha value is -3.96. The second-order valence-corrected chi connectivity index (χ2v) is 8.14. The van der Waals surface area contributed by atoms with Gasteiger partial charge in [-0.05, 0) is 42.0 Å². The Labute approximate surface area is 195 Å². The van der Waals surface area contributed by atoms with Crippen molar-refractivity contribution in [2.75, 3.05) is 0 Å².